The van der Waals surface area contributed by atoms with Crippen molar-refractivity contribution in [3.8, 4) is 6.07 Å². The normalized spacial score (nSPS) is 11.1. The van der Waals surface area contributed by atoms with Crippen molar-refractivity contribution in [1.82, 2.24) is 19.7 Å². The maximum absolute atomic E-state index is 9.13. The van der Waals surface area contributed by atoms with E-state index in [1.165, 1.54) is 0 Å². The van der Waals surface area contributed by atoms with Gasteiger partial charge in [0.1, 0.15) is 10.7 Å². The lowest BCUT2D eigenvalue weighted by Crippen LogP contribution is -1.90. The summed E-state index contributed by atoms with van der Waals surface area (Å²) in [6, 6.07) is 2.15. The summed E-state index contributed by atoms with van der Waals surface area (Å²) in [7, 11) is 1.89. The Morgan fingerprint density at radius 1 is 1.56 bits per heavy atom. The van der Waals surface area contributed by atoms with E-state index in [-0.39, 0.29) is 0 Å². The SMILES string of the molecule is Cn1[nH]cc2cnc3nc(Br)c(C#N)c3c21. The van der Waals surface area contributed by atoms with Crippen LogP contribution in [-0.2, 0) is 7.05 Å². The highest BCUT2D eigenvalue weighted by atomic mass is 79.9. The predicted octanol–water partition coefficient (Wildman–Crippen LogP) is 2.08. The molecule has 16 heavy (non-hydrogen) atoms. The Balaban J connectivity index is 2.68. The van der Waals surface area contributed by atoms with Gasteiger partial charge < -0.3 is 5.10 Å². The second-order valence-electron chi connectivity index (χ2n) is 3.48. The molecule has 6 heteroatoms. The first-order valence-electron chi connectivity index (χ1n) is 4.60. The summed E-state index contributed by atoms with van der Waals surface area (Å²) in [5.41, 5.74) is 2.06. The van der Waals surface area contributed by atoms with Crippen LogP contribution < -0.4 is 0 Å². The van der Waals surface area contributed by atoms with Gasteiger partial charge in [-0.3, -0.25) is 4.68 Å². The Kier molecular flexibility index (Phi) is 1.79. The summed E-state index contributed by atoms with van der Waals surface area (Å²) in [5.74, 6) is 0. The molecule has 3 heterocycles. The molecule has 0 aliphatic rings. The highest BCUT2D eigenvalue weighted by Gasteiger charge is 2.16. The molecule has 0 aliphatic heterocycles. The van der Waals surface area contributed by atoms with Crippen LogP contribution >= 0.6 is 15.9 Å². The molecular formula is C10H6BrN5. The van der Waals surface area contributed by atoms with Crippen molar-refractivity contribution in [2.24, 2.45) is 7.05 Å². The van der Waals surface area contributed by atoms with Crippen molar-refractivity contribution in [1.29, 1.82) is 5.26 Å². The van der Waals surface area contributed by atoms with Gasteiger partial charge in [-0.25, -0.2) is 9.97 Å². The monoisotopic (exact) mass is 275 g/mol. The quantitative estimate of drug-likeness (QED) is 0.683. The van der Waals surface area contributed by atoms with Crippen molar-refractivity contribution in [2.45, 2.75) is 0 Å². The highest BCUT2D eigenvalue weighted by Crippen LogP contribution is 2.30. The van der Waals surface area contributed by atoms with E-state index in [1.54, 1.807) is 6.20 Å². The Morgan fingerprint density at radius 2 is 2.38 bits per heavy atom. The smallest absolute Gasteiger partial charge is 0.164 e. The van der Waals surface area contributed by atoms with Gasteiger partial charge in [-0.15, -0.1) is 0 Å². The van der Waals surface area contributed by atoms with E-state index in [4.69, 9.17) is 5.26 Å². The first-order valence-corrected chi connectivity index (χ1v) is 5.40. The molecule has 0 saturated carbocycles. The molecule has 0 amide bonds. The number of nitrogens with zero attached hydrogens (tertiary/aromatic N) is 4. The third-order valence-corrected chi connectivity index (χ3v) is 3.15. The lowest BCUT2D eigenvalue weighted by Gasteiger charge is -1.97. The maximum Gasteiger partial charge on any atom is 0.164 e. The number of aromatic nitrogens is 4. The van der Waals surface area contributed by atoms with E-state index >= 15 is 0 Å². The van der Waals surface area contributed by atoms with Crippen molar-refractivity contribution < 1.29 is 0 Å². The lowest BCUT2D eigenvalue weighted by atomic mass is 10.2. The minimum atomic E-state index is 0.531. The number of aromatic amines is 1. The Morgan fingerprint density at radius 3 is 3.12 bits per heavy atom. The largest absolute Gasteiger partial charge is 0.305 e. The van der Waals surface area contributed by atoms with E-state index in [1.807, 2.05) is 17.9 Å². The highest BCUT2D eigenvalue weighted by molar-refractivity contribution is 9.10. The molecule has 0 fully saturated rings. The van der Waals surface area contributed by atoms with E-state index in [2.05, 4.69) is 37.1 Å². The van der Waals surface area contributed by atoms with Crippen molar-refractivity contribution in [2.75, 3.05) is 0 Å². The second kappa shape index (κ2) is 3.06. The van der Waals surface area contributed by atoms with E-state index in [9.17, 15) is 0 Å². The van der Waals surface area contributed by atoms with E-state index in [0.29, 0.717) is 15.8 Å². The van der Waals surface area contributed by atoms with Crippen LogP contribution in [0.25, 0.3) is 21.9 Å². The zero-order valence-corrected chi connectivity index (χ0v) is 9.91. The molecule has 0 aliphatic carbocycles. The maximum atomic E-state index is 9.13. The number of pyridine rings is 1. The predicted molar refractivity (Wildman–Crippen MR) is 62.8 cm³/mol. The van der Waals surface area contributed by atoms with Gasteiger partial charge in [0, 0.05) is 24.8 Å². The number of nitrogens with one attached hydrogen (secondary N) is 1. The van der Waals surface area contributed by atoms with Crippen molar-refractivity contribution in [3.63, 3.8) is 0 Å². The number of fused-ring (bicyclic) bond motifs is 3. The Hall–Kier alpha value is -1.87. The zero-order chi connectivity index (χ0) is 11.3. The fourth-order valence-electron chi connectivity index (χ4n) is 1.87. The van der Waals surface area contributed by atoms with Crippen LogP contribution in [0.4, 0.5) is 0 Å². The van der Waals surface area contributed by atoms with E-state index < -0.39 is 0 Å². The van der Waals surface area contributed by atoms with Gasteiger partial charge in [0.25, 0.3) is 0 Å². The molecule has 5 nitrogen and oxygen atoms in total. The molecule has 0 unspecified atom stereocenters. The van der Waals surface area contributed by atoms with Crippen LogP contribution in [0.2, 0.25) is 0 Å². The van der Waals surface area contributed by atoms with Crippen LogP contribution in [-0.4, -0.2) is 19.7 Å². The fraction of sp³-hybridized carbons (Fsp3) is 0.100. The number of aryl methyl sites for hydroxylation is 1. The summed E-state index contributed by atoms with van der Waals surface area (Å²) in [5, 5.41) is 13.9. The Labute approximate surface area is 98.8 Å². The molecule has 78 valence electrons. The standard InChI is InChI=1S/C10H6BrN5/c1-16-8-5(4-14-16)3-13-10-7(8)6(2-12)9(11)15-10/h3-4,14H,1H3. The van der Waals surface area contributed by atoms with Gasteiger partial charge in [-0.2, -0.15) is 5.26 Å². The Bertz CT molecular complexity index is 746. The number of nitriles is 1. The van der Waals surface area contributed by atoms with E-state index in [0.717, 1.165) is 16.3 Å². The van der Waals surface area contributed by atoms with Gasteiger partial charge in [0.2, 0.25) is 0 Å². The molecule has 0 aromatic carbocycles. The molecule has 1 N–H and O–H groups in total. The van der Waals surface area contributed by atoms with Crippen molar-refractivity contribution in [3.05, 3.63) is 22.6 Å². The van der Waals surface area contributed by atoms with Crippen LogP contribution in [0.3, 0.4) is 0 Å². The van der Waals surface area contributed by atoms with Crippen LogP contribution in [0.5, 0.6) is 0 Å². The molecule has 0 spiro atoms. The molecule has 0 saturated heterocycles. The second-order valence-corrected chi connectivity index (χ2v) is 4.23. The molecule has 3 aromatic heterocycles. The zero-order valence-electron chi connectivity index (χ0n) is 8.32. The van der Waals surface area contributed by atoms with Gasteiger partial charge in [0.05, 0.1) is 16.5 Å². The number of rotatable bonds is 0. The third kappa shape index (κ3) is 1.03. The molecule has 0 bridgehead atoms. The van der Waals surface area contributed by atoms with Crippen LogP contribution in [0, 0.1) is 11.3 Å². The number of hydrogen-bond donors (Lipinski definition) is 1. The average Bonchev–Trinajstić information content (AvgIpc) is 2.78. The molecular weight excluding hydrogens is 270 g/mol. The number of hydrogen-bond acceptors (Lipinski definition) is 3. The summed E-state index contributed by atoms with van der Waals surface area (Å²) in [4.78, 5) is 8.44. The summed E-state index contributed by atoms with van der Waals surface area (Å²) < 4.78 is 2.40. The fourth-order valence-corrected chi connectivity index (χ4v) is 2.33. The van der Waals surface area contributed by atoms with Gasteiger partial charge >= 0.3 is 0 Å². The third-order valence-electron chi connectivity index (χ3n) is 2.58. The van der Waals surface area contributed by atoms with Crippen molar-refractivity contribution >= 4 is 37.9 Å². The summed E-state index contributed by atoms with van der Waals surface area (Å²) in [6.45, 7) is 0. The van der Waals surface area contributed by atoms with Crippen LogP contribution in [0.15, 0.2) is 17.0 Å². The first-order chi connectivity index (χ1) is 7.72. The average molecular weight is 276 g/mol. The lowest BCUT2D eigenvalue weighted by molar-refractivity contribution is 0.799. The molecule has 0 radical (unpaired) electrons. The minimum Gasteiger partial charge on any atom is -0.305 e. The van der Waals surface area contributed by atoms with Crippen LogP contribution in [0.1, 0.15) is 5.56 Å². The first kappa shape index (κ1) is 9.36. The molecule has 3 aromatic rings. The molecule has 0 atom stereocenters. The summed E-state index contributed by atoms with van der Waals surface area (Å²) in [6.07, 6.45) is 3.60. The van der Waals surface area contributed by atoms with Gasteiger partial charge in [-0.05, 0) is 15.9 Å². The van der Waals surface area contributed by atoms with Gasteiger partial charge in [0.15, 0.2) is 5.65 Å². The summed E-state index contributed by atoms with van der Waals surface area (Å²) >= 11 is 3.28. The number of halogens is 1. The minimum absolute atomic E-state index is 0.531. The topological polar surface area (TPSA) is 70.3 Å². The number of H-pyrrole nitrogens is 1. The molecule has 3 rings (SSSR count). The van der Waals surface area contributed by atoms with Gasteiger partial charge in [-0.1, -0.05) is 0 Å².